The highest BCUT2D eigenvalue weighted by Gasteiger charge is 2.23. The third-order valence-electron chi connectivity index (χ3n) is 5.54. The van der Waals surface area contributed by atoms with E-state index in [0.717, 1.165) is 4.47 Å². The van der Waals surface area contributed by atoms with Crippen molar-refractivity contribution >= 4 is 44.6 Å². The van der Waals surface area contributed by atoms with E-state index in [1.807, 2.05) is 33.8 Å². The highest BCUT2D eigenvalue weighted by Crippen LogP contribution is 2.28. The molecule has 0 aliphatic heterocycles. The van der Waals surface area contributed by atoms with Gasteiger partial charge in [-0.25, -0.2) is 9.37 Å². The molecule has 10 heteroatoms. The van der Waals surface area contributed by atoms with Crippen LogP contribution in [0.1, 0.15) is 39.1 Å². The number of hydrogen-bond acceptors (Lipinski definition) is 6. The van der Waals surface area contributed by atoms with E-state index in [4.69, 9.17) is 14.5 Å². The van der Waals surface area contributed by atoms with Crippen molar-refractivity contribution in [2.75, 3.05) is 18.5 Å². The van der Waals surface area contributed by atoms with Gasteiger partial charge in [0.2, 0.25) is 0 Å². The van der Waals surface area contributed by atoms with Gasteiger partial charge in [-0.3, -0.25) is 9.59 Å². The van der Waals surface area contributed by atoms with Crippen molar-refractivity contribution in [3.05, 3.63) is 92.7 Å². The van der Waals surface area contributed by atoms with E-state index in [-0.39, 0.29) is 12.2 Å². The van der Waals surface area contributed by atoms with Crippen LogP contribution in [0.3, 0.4) is 0 Å². The number of ether oxygens (including phenoxy) is 2. The number of halogens is 2. The number of fused-ring (bicyclic) bond motifs is 1. The van der Waals surface area contributed by atoms with Crippen molar-refractivity contribution in [2.45, 2.75) is 33.1 Å². The lowest BCUT2D eigenvalue weighted by Crippen LogP contribution is -2.29. The Morgan fingerprint density at radius 2 is 1.90 bits per heavy atom. The summed E-state index contributed by atoms with van der Waals surface area (Å²) in [6.45, 7) is 7.80. The molecule has 202 valence electrons. The lowest BCUT2D eigenvalue weighted by Gasteiger charge is -2.21. The molecular formula is C29H28BrFN4O4. The number of nitrogens with one attached hydrogen (secondary N) is 1. The van der Waals surface area contributed by atoms with E-state index in [1.165, 1.54) is 22.9 Å². The average Bonchev–Trinajstić information content (AvgIpc) is 2.87. The molecule has 4 rings (SSSR count). The van der Waals surface area contributed by atoms with E-state index in [1.54, 1.807) is 42.6 Å². The van der Waals surface area contributed by atoms with Crippen LogP contribution in [-0.4, -0.2) is 35.0 Å². The Morgan fingerprint density at radius 3 is 2.62 bits per heavy atom. The number of carbonyl (C=O) groups is 1. The van der Waals surface area contributed by atoms with Gasteiger partial charge >= 0.3 is 0 Å². The summed E-state index contributed by atoms with van der Waals surface area (Å²) in [4.78, 5) is 30.4. The smallest absolute Gasteiger partial charge is 0.282 e. The quantitative estimate of drug-likeness (QED) is 0.256. The largest absolute Gasteiger partial charge is 0.490 e. The van der Waals surface area contributed by atoms with Gasteiger partial charge in [0.1, 0.15) is 11.6 Å². The normalized spacial score (nSPS) is 11.6. The van der Waals surface area contributed by atoms with Gasteiger partial charge in [0.15, 0.2) is 18.1 Å². The summed E-state index contributed by atoms with van der Waals surface area (Å²) in [5, 5.41) is 7.53. The highest BCUT2D eigenvalue weighted by atomic mass is 79.9. The van der Waals surface area contributed by atoms with E-state index >= 15 is 0 Å². The van der Waals surface area contributed by atoms with Gasteiger partial charge in [-0.15, -0.1) is 0 Å². The molecule has 0 aliphatic rings. The third-order valence-corrected chi connectivity index (χ3v) is 6.03. The molecule has 39 heavy (non-hydrogen) atoms. The van der Waals surface area contributed by atoms with Gasteiger partial charge in [-0.1, -0.05) is 42.8 Å². The summed E-state index contributed by atoms with van der Waals surface area (Å²) in [6.07, 6.45) is 1.55. The Morgan fingerprint density at radius 1 is 1.10 bits per heavy atom. The van der Waals surface area contributed by atoms with Crippen LogP contribution in [0, 0.1) is 5.82 Å². The molecule has 0 radical (unpaired) electrons. The van der Waals surface area contributed by atoms with Crippen LogP contribution < -0.4 is 20.3 Å². The van der Waals surface area contributed by atoms with Crippen LogP contribution in [0.2, 0.25) is 0 Å². The van der Waals surface area contributed by atoms with Crippen LogP contribution >= 0.6 is 15.9 Å². The first kappa shape index (κ1) is 28.0. The number of benzene rings is 3. The minimum absolute atomic E-state index is 0.281. The lowest BCUT2D eigenvalue weighted by atomic mass is 9.95. The molecule has 1 N–H and O–H groups in total. The molecule has 0 fully saturated rings. The molecule has 0 bridgehead atoms. The van der Waals surface area contributed by atoms with Crippen molar-refractivity contribution in [2.24, 2.45) is 5.10 Å². The van der Waals surface area contributed by atoms with Crippen molar-refractivity contribution in [3.8, 4) is 11.5 Å². The summed E-state index contributed by atoms with van der Waals surface area (Å²) < 4.78 is 26.8. The molecule has 0 spiro atoms. The molecule has 1 amide bonds. The van der Waals surface area contributed by atoms with Gasteiger partial charge in [0, 0.05) is 15.6 Å². The number of amides is 1. The SMILES string of the molecule is CCOc1cc(C=Nn2c(C(C)(C)C)nc3ccc(Br)cc3c2=O)ccc1OCC(=O)Nc1cccc(F)c1. The molecule has 4 aromatic rings. The number of rotatable bonds is 8. The maximum atomic E-state index is 13.4. The number of aromatic nitrogens is 2. The van der Waals surface area contributed by atoms with Crippen molar-refractivity contribution in [1.29, 1.82) is 0 Å². The van der Waals surface area contributed by atoms with Crippen LogP contribution in [-0.2, 0) is 10.2 Å². The molecular weight excluding hydrogens is 567 g/mol. The molecule has 3 aromatic carbocycles. The van der Waals surface area contributed by atoms with Crippen LogP contribution in [0.5, 0.6) is 11.5 Å². The fourth-order valence-electron chi connectivity index (χ4n) is 3.76. The minimum Gasteiger partial charge on any atom is -0.490 e. The Hall–Kier alpha value is -4.05. The Bertz CT molecular complexity index is 1610. The first-order valence-electron chi connectivity index (χ1n) is 12.3. The maximum Gasteiger partial charge on any atom is 0.282 e. The molecule has 0 saturated heterocycles. The average molecular weight is 595 g/mol. The fourth-order valence-corrected chi connectivity index (χ4v) is 4.13. The topological polar surface area (TPSA) is 94.8 Å². The predicted octanol–water partition coefficient (Wildman–Crippen LogP) is 5.89. The standard InChI is InChI=1S/C29H28BrFN4O4/c1-5-38-25-13-18(9-12-24(25)39-17-26(36)33-21-8-6-7-20(31)15-21)16-32-35-27(37)22-14-19(30)10-11-23(22)34-28(35)29(2,3)4/h6-16H,5,17H2,1-4H3,(H,33,36). The minimum atomic E-state index is -0.450. The molecule has 1 aromatic heterocycles. The van der Waals surface area contributed by atoms with Gasteiger partial charge in [-0.2, -0.15) is 9.78 Å². The van der Waals surface area contributed by atoms with Gasteiger partial charge in [-0.05, 0) is 67.1 Å². The van der Waals surface area contributed by atoms with Crippen LogP contribution in [0.4, 0.5) is 10.1 Å². The molecule has 8 nitrogen and oxygen atoms in total. The molecule has 0 atom stereocenters. The van der Waals surface area contributed by atoms with Crippen molar-refractivity contribution in [3.63, 3.8) is 0 Å². The van der Waals surface area contributed by atoms with Crippen LogP contribution in [0.15, 0.2) is 75.0 Å². The second-order valence-corrected chi connectivity index (χ2v) is 10.6. The van der Waals surface area contributed by atoms with Gasteiger partial charge < -0.3 is 14.8 Å². The zero-order valence-corrected chi connectivity index (χ0v) is 23.6. The lowest BCUT2D eigenvalue weighted by molar-refractivity contribution is -0.118. The summed E-state index contributed by atoms with van der Waals surface area (Å²) >= 11 is 3.41. The van der Waals surface area contributed by atoms with Crippen molar-refractivity contribution in [1.82, 2.24) is 9.66 Å². The number of carbonyl (C=O) groups excluding carboxylic acids is 1. The van der Waals surface area contributed by atoms with E-state index in [9.17, 15) is 14.0 Å². The van der Waals surface area contributed by atoms with Crippen molar-refractivity contribution < 1.29 is 18.7 Å². The summed E-state index contributed by atoms with van der Waals surface area (Å²) in [5.74, 6) is 0.386. The summed E-state index contributed by atoms with van der Waals surface area (Å²) in [6, 6.07) is 16.1. The zero-order valence-electron chi connectivity index (χ0n) is 22.0. The van der Waals surface area contributed by atoms with Gasteiger partial charge in [0.05, 0.1) is 23.7 Å². The molecule has 0 saturated carbocycles. The Labute approximate surface area is 233 Å². The Balaban J connectivity index is 1.59. The second kappa shape index (κ2) is 11.8. The number of anilines is 1. The first-order chi connectivity index (χ1) is 18.5. The highest BCUT2D eigenvalue weighted by molar-refractivity contribution is 9.10. The molecule has 0 unspecified atom stereocenters. The maximum absolute atomic E-state index is 13.4. The number of hydrogen-bond donors (Lipinski definition) is 1. The number of nitrogens with zero attached hydrogens (tertiary/aromatic N) is 3. The fraction of sp³-hybridized carbons (Fsp3) is 0.241. The summed E-state index contributed by atoms with van der Waals surface area (Å²) in [7, 11) is 0. The summed E-state index contributed by atoms with van der Waals surface area (Å²) in [5.41, 5.74) is 0.854. The first-order valence-corrected chi connectivity index (χ1v) is 13.1. The molecule has 0 aliphatic carbocycles. The second-order valence-electron chi connectivity index (χ2n) is 9.69. The Kier molecular flexibility index (Phi) is 8.44. The molecule has 1 heterocycles. The predicted molar refractivity (Wildman–Crippen MR) is 154 cm³/mol. The van der Waals surface area contributed by atoms with Crippen LogP contribution in [0.25, 0.3) is 10.9 Å². The van der Waals surface area contributed by atoms with Gasteiger partial charge in [0.25, 0.3) is 11.5 Å². The third kappa shape index (κ3) is 6.88. The van der Waals surface area contributed by atoms with E-state index < -0.39 is 17.1 Å². The zero-order chi connectivity index (χ0) is 28.2. The van der Waals surface area contributed by atoms with E-state index in [2.05, 4.69) is 26.3 Å². The van der Waals surface area contributed by atoms with E-state index in [0.29, 0.717) is 46.1 Å². The monoisotopic (exact) mass is 594 g/mol.